The lowest BCUT2D eigenvalue weighted by atomic mass is 10.00. The lowest BCUT2D eigenvalue weighted by Crippen LogP contribution is -2.49. The number of H-pyrrole nitrogens is 1. The predicted molar refractivity (Wildman–Crippen MR) is 120 cm³/mol. The number of hydrogen-bond acceptors (Lipinski definition) is 3. The van der Waals surface area contributed by atoms with Crippen molar-refractivity contribution in [2.45, 2.75) is 31.2 Å². The number of fused-ring (bicyclic) bond motifs is 1. The van der Waals surface area contributed by atoms with Crippen LogP contribution in [0.2, 0.25) is 5.02 Å². The van der Waals surface area contributed by atoms with Gasteiger partial charge in [-0.1, -0.05) is 23.7 Å². The third-order valence-electron chi connectivity index (χ3n) is 6.71. The number of nitrogens with one attached hydrogen (secondary N) is 1. The molecule has 1 saturated carbocycles. The van der Waals surface area contributed by atoms with Crippen molar-refractivity contribution in [3.8, 4) is 0 Å². The molecule has 0 unspecified atom stereocenters. The number of aromatic nitrogens is 1. The monoisotopic (exact) mass is 425 g/mol. The molecule has 1 aliphatic carbocycles. The summed E-state index contributed by atoms with van der Waals surface area (Å²) in [6.07, 6.45) is 3.23. The number of anilines is 1. The van der Waals surface area contributed by atoms with Crippen LogP contribution in [0.25, 0.3) is 10.8 Å². The first-order chi connectivity index (χ1) is 14.6. The topological polar surface area (TPSA) is 39.3 Å². The van der Waals surface area contributed by atoms with E-state index in [1.54, 1.807) is 6.07 Å². The molecule has 3 aromatic rings. The molecule has 2 heterocycles. The molecule has 0 amide bonds. The van der Waals surface area contributed by atoms with E-state index in [2.05, 4.69) is 26.9 Å². The lowest BCUT2D eigenvalue weighted by Gasteiger charge is -2.39. The summed E-state index contributed by atoms with van der Waals surface area (Å²) in [5, 5.41) is 1.62. The molecular formula is C24H25ClFN3O. The van der Waals surface area contributed by atoms with Crippen molar-refractivity contribution in [2.75, 3.05) is 31.1 Å². The van der Waals surface area contributed by atoms with E-state index in [1.165, 1.54) is 11.8 Å². The highest BCUT2D eigenvalue weighted by Gasteiger charge is 2.32. The first-order valence-electron chi connectivity index (χ1n) is 10.6. The summed E-state index contributed by atoms with van der Waals surface area (Å²) in [4.78, 5) is 20.4. The van der Waals surface area contributed by atoms with Crippen LogP contribution in [0.3, 0.4) is 0 Å². The number of aromatic amines is 1. The van der Waals surface area contributed by atoms with Crippen molar-refractivity contribution in [3.05, 3.63) is 75.4 Å². The Morgan fingerprint density at radius 3 is 2.53 bits per heavy atom. The average molecular weight is 426 g/mol. The van der Waals surface area contributed by atoms with Crippen LogP contribution in [-0.4, -0.2) is 42.1 Å². The number of halogens is 2. The zero-order valence-corrected chi connectivity index (χ0v) is 17.5. The van der Waals surface area contributed by atoms with Crippen molar-refractivity contribution in [2.24, 2.45) is 0 Å². The fraction of sp³-hybridized carbons (Fsp3) is 0.375. The Morgan fingerprint density at radius 1 is 1.00 bits per heavy atom. The van der Waals surface area contributed by atoms with E-state index in [4.69, 9.17) is 11.6 Å². The molecule has 1 aliphatic heterocycles. The fourth-order valence-corrected chi connectivity index (χ4v) is 5.21. The summed E-state index contributed by atoms with van der Waals surface area (Å²) in [6, 6.07) is 15.4. The third kappa shape index (κ3) is 3.72. The van der Waals surface area contributed by atoms with E-state index in [0.29, 0.717) is 17.3 Å². The Morgan fingerprint density at radius 2 is 1.77 bits per heavy atom. The second-order valence-corrected chi connectivity index (χ2v) is 8.86. The van der Waals surface area contributed by atoms with Gasteiger partial charge in [-0.2, -0.15) is 0 Å². The molecule has 5 rings (SSSR count). The molecule has 0 spiro atoms. The highest BCUT2D eigenvalue weighted by Crippen LogP contribution is 2.37. The van der Waals surface area contributed by atoms with E-state index in [9.17, 15) is 9.18 Å². The molecule has 1 aromatic heterocycles. The smallest absolute Gasteiger partial charge is 0.259 e. The summed E-state index contributed by atoms with van der Waals surface area (Å²) in [7, 11) is 0. The van der Waals surface area contributed by atoms with Gasteiger partial charge in [-0.25, -0.2) is 4.39 Å². The molecule has 1 saturated heterocycles. The molecule has 2 fully saturated rings. The molecule has 6 heteroatoms. The first kappa shape index (κ1) is 19.6. The number of nitrogens with zero attached hydrogens (tertiary/aromatic N) is 2. The summed E-state index contributed by atoms with van der Waals surface area (Å²) < 4.78 is 14.0. The predicted octanol–water partition coefficient (Wildman–Crippen LogP) is 4.78. The summed E-state index contributed by atoms with van der Waals surface area (Å²) in [5.74, 6) is -0.132. The average Bonchev–Trinajstić information content (AvgIpc) is 3.25. The van der Waals surface area contributed by atoms with Crippen LogP contribution in [0.5, 0.6) is 0 Å². The van der Waals surface area contributed by atoms with Crippen LogP contribution in [-0.2, 0) is 0 Å². The minimum Gasteiger partial charge on any atom is -0.369 e. The lowest BCUT2D eigenvalue weighted by molar-refractivity contribution is 0.186. The molecule has 0 radical (unpaired) electrons. The van der Waals surface area contributed by atoms with Crippen LogP contribution >= 0.6 is 11.6 Å². The van der Waals surface area contributed by atoms with Crippen molar-refractivity contribution in [3.63, 3.8) is 0 Å². The van der Waals surface area contributed by atoms with Crippen LogP contribution < -0.4 is 10.5 Å². The molecule has 2 atom stereocenters. The SMILES string of the molecule is O=c1[nH]c([C@@H]2CC[C@H](N3CCN(c4ccc(Cl)cc4)CC3)C2)cc2cccc(F)c12. The van der Waals surface area contributed by atoms with Crippen LogP contribution in [0.4, 0.5) is 10.1 Å². The second kappa shape index (κ2) is 8.05. The summed E-state index contributed by atoms with van der Waals surface area (Å²) >= 11 is 6.01. The molecule has 2 aromatic carbocycles. The Kier molecular flexibility index (Phi) is 5.25. The van der Waals surface area contributed by atoms with E-state index in [1.807, 2.05) is 24.3 Å². The van der Waals surface area contributed by atoms with Crippen LogP contribution in [0.1, 0.15) is 30.9 Å². The maximum Gasteiger partial charge on any atom is 0.259 e. The van der Waals surface area contributed by atoms with Crippen molar-refractivity contribution >= 4 is 28.1 Å². The summed E-state index contributed by atoms with van der Waals surface area (Å²) in [6.45, 7) is 4.10. The van der Waals surface area contributed by atoms with Gasteiger partial charge in [0.05, 0.1) is 5.39 Å². The van der Waals surface area contributed by atoms with Crippen molar-refractivity contribution < 1.29 is 4.39 Å². The zero-order chi connectivity index (χ0) is 20.7. The van der Waals surface area contributed by atoms with Gasteiger partial charge in [0.2, 0.25) is 0 Å². The standard InChI is InChI=1S/C24H25ClFN3O/c25-18-5-8-19(9-6-18)28-10-12-29(13-11-28)20-7-4-16(14-20)22-15-17-2-1-3-21(26)23(17)24(30)27-22/h1-3,5-6,8-9,15-16,20H,4,7,10-14H2,(H,27,30)/t16-,20+/m1/s1. The maximum absolute atomic E-state index is 14.0. The minimum atomic E-state index is -0.455. The molecule has 1 N–H and O–H groups in total. The molecule has 0 bridgehead atoms. The van der Waals surface area contributed by atoms with E-state index in [-0.39, 0.29) is 10.9 Å². The number of piperazine rings is 1. The normalized spacial score (nSPS) is 22.7. The molecular weight excluding hydrogens is 401 g/mol. The number of rotatable bonds is 3. The van der Waals surface area contributed by atoms with Gasteiger partial charge < -0.3 is 9.88 Å². The number of benzene rings is 2. The quantitative estimate of drug-likeness (QED) is 0.656. The minimum absolute atomic E-state index is 0.161. The van der Waals surface area contributed by atoms with Gasteiger partial charge in [0.25, 0.3) is 5.56 Å². The highest BCUT2D eigenvalue weighted by atomic mass is 35.5. The van der Waals surface area contributed by atoms with Gasteiger partial charge in [-0.15, -0.1) is 0 Å². The Balaban J connectivity index is 1.25. The first-order valence-corrected chi connectivity index (χ1v) is 11.0. The van der Waals surface area contributed by atoms with Crippen LogP contribution in [0, 0.1) is 5.82 Å². The summed E-state index contributed by atoms with van der Waals surface area (Å²) in [5.41, 5.74) is 1.85. The van der Waals surface area contributed by atoms with Gasteiger partial charge in [-0.05, 0) is 61.0 Å². The molecule has 156 valence electrons. The number of hydrogen-bond donors (Lipinski definition) is 1. The molecule has 2 aliphatic rings. The number of pyridine rings is 1. The van der Waals surface area contributed by atoms with Gasteiger partial charge in [0.15, 0.2) is 0 Å². The van der Waals surface area contributed by atoms with Gasteiger partial charge in [-0.3, -0.25) is 9.69 Å². The molecule has 4 nitrogen and oxygen atoms in total. The Labute approximate surface area is 180 Å². The second-order valence-electron chi connectivity index (χ2n) is 8.42. The van der Waals surface area contributed by atoms with Crippen molar-refractivity contribution in [1.82, 2.24) is 9.88 Å². The van der Waals surface area contributed by atoms with Gasteiger partial charge in [0, 0.05) is 54.5 Å². The maximum atomic E-state index is 14.0. The van der Waals surface area contributed by atoms with E-state index < -0.39 is 5.82 Å². The highest BCUT2D eigenvalue weighted by molar-refractivity contribution is 6.30. The van der Waals surface area contributed by atoms with Gasteiger partial charge in [0.1, 0.15) is 5.82 Å². The largest absolute Gasteiger partial charge is 0.369 e. The van der Waals surface area contributed by atoms with Crippen LogP contribution in [0.15, 0.2) is 53.3 Å². The zero-order valence-electron chi connectivity index (χ0n) is 16.8. The Bertz CT molecular complexity index is 1110. The van der Waals surface area contributed by atoms with E-state index in [0.717, 1.165) is 56.2 Å². The third-order valence-corrected chi connectivity index (χ3v) is 6.96. The fourth-order valence-electron chi connectivity index (χ4n) is 5.09. The Hall–Kier alpha value is -2.37. The van der Waals surface area contributed by atoms with Crippen molar-refractivity contribution in [1.29, 1.82) is 0 Å². The van der Waals surface area contributed by atoms with E-state index >= 15 is 0 Å². The molecule has 30 heavy (non-hydrogen) atoms. The van der Waals surface area contributed by atoms with Gasteiger partial charge >= 0.3 is 0 Å².